The Balaban J connectivity index is 2.70. The molecule has 1 unspecified atom stereocenters. The van der Waals surface area contributed by atoms with Gasteiger partial charge < -0.3 is 20.3 Å². The summed E-state index contributed by atoms with van der Waals surface area (Å²) in [5, 5.41) is 21.5. The number of rotatable bonds is 8. The number of hydrogen-bond acceptors (Lipinski definition) is 8. The summed E-state index contributed by atoms with van der Waals surface area (Å²) in [6.07, 6.45) is 0.171. The fraction of sp³-hybridized carbons (Fsp3) is 0.700. The zero-order valence-corrected chi connectivity index (χ0v) is 11.3. The topological polar surface area (TPSA) is 100 Å². The van der Waals surface area contributed by atoms with E-state index in [1.807, 2.05) is 6.92 Å². The maximum atomic E-state index is 9.27. The Labute approximate surface area is 110 Å². The molecule has 0 radical (unpaired) electrons. The molecular weight excluding hydrogens is 256 g/mol. The fourth-order valence-corrected chi connectivity index (χ4v) is 1.77. The molecule has 3 N–H and O–H groups in total. The molecule has 1 heterocycles. The van der Waals surface area contributed by atoms with E-state index in [1.54, 1.807) is 0 Å². The predicted octanol–water partition coefficient (Wildman–Crippen LogP) is 0.147. The van der Waals surface area contributed by atoms with Gasteiger partial charge in [0, 0.05) is 12.3 Å². The molecule has 1 aromatic rings. The molecule has 0 aliphatic rings. The first kappa shape index (κ1) is 14.9. The van der Waals surface area contributed by atoms with Crippen molar-refractivity contribution in [2.45, 2.75) is 24.6 Å². The summed E-state index contributed by atoms with van der Waals surface area (Å²) in [5.74, 6) is 0.765. The number of anilines is 1. The largest absolute Gasteiger partial charge is 0.467 e. The smallest absolute Gasteiger partial charge is 0.321 e. The van der Waals surface area contributed by atoms with Gasteiger partial charge in [-0.25, -0.2) is 0 Å². The minimum atomic E-state index is -0.787. The SMILES string of the molecule is CCCNc1nc(OC)nc(SCC(O)CO)n1. The van der Waals surface area contributed by atoms with Crippen molar-refractivity contribution in [1.29, 1.82) is 0 Å². The van der Waals surface area contributed by atoms with Crippen LogP contribution in [-0.4, -0.2) is 57.3 Å². The van der Waals surface area contributed by atoms with Crippen LogP contribution < -0.4 is 10.1 Å². The lowest BCUT2D eigenvalue weighted by Gasteiger charge is -2.08. The third kappa shape index (κ3) is 5.03. The van der Waals surface area contributed by atoms with E-state index in [4.69, 9.17) is 9.84 Å². The van der Waals surface area contributed by atoms with Crippen LogP contribution in [0.15, 0.2) is 5.16 Å². The summed E-state index contributed by atoms with van der Waals surface area (Å²) in [6, 6.07) is 0.226. The molecule has 1 atom stereocenters. The number of aliphatic hydroxyl groups excluding tert-OH is 2. The van der Waals surface area contributed by atoms with Gasteiger partial charge >= 0.3 is 6.01 Å². The number of thioether (sulfide) groups is 1. The minimum Gasteiger partial charge on any atom is -0.467 e. The van der Waals surface area contributed by atoms with Crippen LogP contribution in [0.25, 0.3) is 0 Å². The molecule has 0 saturated heterocycles. The quantitative estimate of drug-likeness (QED) is 0.576. The van der Waals surface area contributed by atoms with E-state index in [9.17, 15) is 5.11 Å². The van der Waals surface area contributed by atoms with Crippen LogP contribution in [0.3, 0.4) is 0 Å². The number of aromatic nitrogens is 3. The first-order valence-electron chi connectivity index (χ1n) is 5.65. The molecule has 0 fully saturated rings. The summed E-state index contributed by atoms with van der Waals surface area (Å²) in [4.78, 5) is 12.3. The first-order valence-corrected chi connectivity index (χ1v) is 6.63. The lowest BCUT2D eigenvalue weighted by molar-refractivity contribution is 0.113. The Morgan fingerprint density at radius 2 is 2.17 bits per heavy atom. The second-order valence-electron chi connectivity index (χ2n) is 3.50. The van der Waals surface area contributed by atoms with Crippen molar-refractivity contribution in [3.05, 3.63) is 0 Å². The Morgan fingerprint density at radius 1 is 1.39 bits per heavy atom. The van der Waals surface area contributed by atoms with Crippen LogP contribution in [0.2, 0.25) is 0 Å². The average molecular weight is 274 g/mol. The predicted molar refractivity (Wildman–Crippen MR) is 69.0 cm³/mol. The normalized spacial score (nSPS) is 12.2. The van der Waals surface area contributed by atoms with Gasteiger partial charge in [-0.15, -0.1) is 0 Å². The third-order valence-corrected chi connectivity index (χ3v) is 2.92. The van der Waals surface area contributed by atoms with Crippen molar-refractivity contribution in [3.8, 4) is 6.01 Å². The highest BCUT2D eigenvalue weighted by molar-refractivity contribution is 7.99. The van der Waals surface area contributed by atoms with Crippen molar-refractivity contribution in [2.24, 2.45) is 0 Å². The second kappa shape index (κ2) is 8.06. The van der Waals surface area contributed by atoms with Gasteiger partial charge in [-0.3, -0.25) is 0 Å². The van der Waals surface area contributed by atoms with E-state index in [2.05, 4.69) is 20.3 Å². The average Bonchev–Trinajstić information content (AvgIpc) is 2.42. The van der Waals surface area contributed by atoms with E-state index in [1.165, 1.54) is 18.9 Å². The van der Waals surface area contributed by atoms with Gasteiger partial charge in [0.05, 0.1) is 19.8 Å². The van der Waals surface area contributed by atoms with Crippen LogP contribution in [0.1, 0.15) is 13.3 Å². The van der Waals surface area contributed by atoms with E-state index in [0.29, 0.717) is 16.9 Å². The lowest BCUT2D eigenvalue weighted by atomic mass is 10.4. The molecule has 7 nitrogen and oxygen atoms in total. The molecule has 1 aromatic heterocycles. The van der Waals surface area contributed by atoms with Crippen LogP contribution in [-0.2, 0) is 0 Å². The van der Waals surface area contributed by atoms with Gasteiger partial charge in [-0.2, -0.15) is 15.0 Å². The second-order valence-corrected chi connectivity index (χ2v) is 4.49. The van der Waals surface area contributed by atoms with Gasteiger partial charge in [0.15, 0.2) is 5.16 Å². The van der Waals surface area contributed by atoms with Crippen molar-refractivity contribution in [2.75, 3.05) is 31.3 Å². The van der Waals surface area contributed by atoms with Crippen molar-refractivity contribution in [3.63, 3.8) is 0 Å². The van der Waals surface area contributed by atoms with Gasteiger partial charge in [-0.05, 0) is 6.42 Å². The zero-order valence-electron chi connectivity index (χ0n) is 10.5. The number of nitrogens with one attached hydrogen (secondary N) is 1. The van der Waals surface area contributed by atoms with Gasteiger partial charge in [0.25, 0.3) is 0 Å². The molecule has 0 aliphatic heterocycles. The van der Waals surface area contributed by atoms with Crippen molar-refractivity contribution in [1.82, 2.24) is 15.0 Å². The molecule has 8 heteroatoms. The van der Waals surface area contributed by atoms with E-state index in [-0.39, 0.29) is 12.6 Å². The van der Waals surface area contributed by atoms with E-state index >= 15 is 0 Å². The molecule has 0 aromatic carbocycles. The number of nitrogens with zero attached hydrogens (tertiary/aromatic N) is 3. The van der Waals surface area contributed by atoms with Gasteiger partial charge in [0.1, 0.15) is 0 Å². The highest BCUT2D eigenvalue weighted by Gasteiger charge is 2.09. The summed E-state index contributed by atoms with van der Waals surface area (Å²) in [5.41, 5.74) is 0. The monoisotopic (exact) mass is 274 g/mol. The summed E-state index contributed by atoms with van der Waals surface area (Å²) in [7, 11) is 1.48. The summed E-state index contributed by atoms with van der Waals surface area (Å²) < 4.78 is 4.98. The molecule has 0 spiro atoms. The Morgan fingerprint density at radius 3 is 2.78 bits per heavy atom. The van der Waals surface area contributed by atoms with E-state index < -0.39 is 6.10 Å². The Hall–Kier alpha value is -1.12. The molecule has 0 saturated carbocycles. The molecule has 1 rings (SSSR count). The summed E-state index contributed by atoms with van der Waals surface area (Å²) in [6.45, 7) is 2.52. The highest BCUT2D eigenvalue weighted by Crippen LogP contribution is 2.18. The third-order valence-electron chi connectivity index (χ3n) is 1.93. The van der Waals surface area contributed by atoms with Crippen LogP contribution >= 0.6 is 11.8 Å². The lowest BCUT2D eigenvalue weighted by Crippen LogP contribution is -2.15. The minimum absolute atomic E-state index is 0.226. The molecular formula is C10H18N4O3S. The van der Waals surface area contributed by atoms with Crippen LogP contribution in [0.5, 0.6) is 6.01 Å². The molecule has 0 bridgehead atoms. The molecule has 0 aliphatic carbocycles. The van der Waals surface area contributed by atoms with Crippen LogP contribution in [0.4, 0.5) is 5.95 Å². The van der Waals surface area contributed by atoms with Gasteiger partial charge in [0.2, 0.25) is 5.95 Å². The Kier molecular flexibility index (Phi) is 6.69. The number of hydrogen-bond donors (Lipinski definition) is 3. The number of aliphatic hydroxyl groups is 2. The maximum Gasteiger partial charge on any atom is 0.321 e. The molecule has 102 valence electrons. The van der Waals surface area contributed by atoms with E-state index in [0.717, 1.165) is 13.0 Å². The molecule has 18 heavy (non-hydrogen) atoms. The zero-order chi connectivity index (χ0) is 13.4. The number of methoxy groups -OCH3 is 1. The highest BCUT2D eigenvalue weighted by atomic mass is 32.2. The molecule has 0 amide bonds. The first-order chi connectivity index (χ1) is 8.69. The van der Waals surface area contributed by atoms with Crippen molar-refractivity contribution >= 4 is 17.7 Å². The Bertz CT molecular complexity index is 367. The van der Waals surface area contributed by atoms with Crippen LogP contribution in [0, 0.1) is 0 Å². The maximum absolute atomic E-state index is 9.27. The van der Waals surface area contributed by atoms with Gasteiger partial charge in [-0.1, -0.05) is 18.7 Å². The standard InChI is InChI=1S/C10H18N4O3S/c1-3-4-11-8-12-9(17-2)14-10(13-8)18-6-7(16)5-15/h7,15-16H,3-6H2,1-2H3,(H,11,12,13,14). The number of ether oxygens (including phenoxy) is 1. The fourth-order valence-electron chi connectivity index (χ4n) is 1.03. The summed E-state index contributed by atoms with van der Waals surface area (Å²) >= 11 is 1.24. The van der Waals surface area contributed by atoms with Crippen molar-refractivity contribution < 1.29 is 14.9 Å².